The number of aromatic nitrogens is 2. The van der Waals surface area contributed by atoms with Crippen molar-refractivity contribution in [2.75, 3.05) is 0 Å². The topological polar surface area (TPSA) is 67.7 Å². The van der Waals surface area contributed by atoms with Gasteiger partial charge >= 0.3 is 0 Å². The Hall–Kier alpha value is -0.840. The molecule has 0 unspecified atom stereocenters. The molecule has 3 N–H and O–H groups in total. The second-order valence-electron chi connectivity index (χ2n) is 1.89. The summed E-state index contributed by atoms with van der Waals surface area (Å²) >= 11 is 3.17. The van der Waals surface area contributed by atoms with Gasteiger partial charge in [0.1, 0.15) is 16.1 Å². The minimum Gasteiger partial charge on any atom is -0.382 e. The van der Waals surface area contributed by atoms with Crippen LogP contribution in [0.1, 0.15) is 5.69 Å². The molecule has 5 heteroatoms. The molecule has 0 bridgehead atoms. The first kappa shape index (κ1) is 7.27. The van der Waals surface area contributed by atoms with E-state index in [1.54, 1.807) is 17.8 Å². The highest BCUT2D eigenvalue weighted by Crippen LogP contribution is 2.07. The summed E-state index contributed by atoms with van der Waals surface area (Å²) in [5.41, 5.74) is 5.85. The van der Waals surface area contributed by atoms with Gasteiger partial charge in [-0.1, -0.05) is 0 Å². The van der Waals surface area contributed by atoms with Gasteiger partial charge in [0.15, 0.2) is 0 Å². The Labute approximate surface area is 66.7 Å². The largest absolute Gasteiger partial charge is 0.382 e. The third-order valence-electron chi connectivity index (χ3n) is 1.13. The summed E-state index contributed by atoms with van der Waals surface area (Å²) in [4.78, 5) is 0. The van der Waals surface area contributed by atoms with Crippen LogP contribution < -0.4 is 5.73 Å². The predicted molar refractivity (Wildman–Crippen MR) is 41.9 cm³/mol. The first-order valence-corrected chi connectivity index (χ1v) is 3.44. The molecule has 1 heterocycles. The quantitative estimate of drug-likeness (QED) is 0.514. The van der Waals surface area contributed by atoms with Gasteiger partial charge in [-0.3, -0.25) is 10.1 Å². The highest BCUT2D eigenvalue weighted by molar-refractivity contribution is 9.10. The van der Waals surface area contributed by atoms with Crippen LogP contribution in [0.4, 0.5) is 0 Å². The van der Waals surface area contributed by atoms with Gasteiger partial charge in [0.05, 0.1) is 0 Å². The first-order valence-electron chi connectivity index (χ1n) is 2.65. The fourth-order valence-electron chi connectivity index (χ4n) is 0.684. The van der Waals surface area contributed by atoms with Gasteiger partial charge in [-0.05, 0) is 15.9 Å². The van der Waals surface area contributed by atoms with E-state index in [9.17, 15) is 0 Å². The molecule has 0 saturated heterocycles. The van der Waals surface area contributed by atoms with E-state index in [0.29, 0.717) is 10.3 Å². The number of aryl methyl sites for hydroxylation is 1. The summed E-state index contributed by atoms with van der Waals surface area (Å²) in [6.07, 6.45) is 0. The summed E-state index contributed by atoms with van der Waals surface area (Å²) in [6, 6.07) is 1.70. The van der Waals surface area contributed by atoms with E-state index in [0.717, 1.165) is 0 Å². The van der Waals surface area contributed by atoms with Gasteiger partial charge in [-0.25, -0.2) is 0 Å². The molecule has 0 radical (unpaired) electrons. The smallest absolute Gasteiger partial charge is 0.141 e. The normalized spacial score (nSPS) is 9.80. The van der Waals surface area contributed by atoms with Crippen molar-refractivity contribution in [2.45, 2.75) is 0 Å². The molecular weight excluding hydrogens is 196 g/mol. The van der Waals surface area contributed by atoms with Crippen molar-refractivity contribution in [1.29, 1.82) is 5.41 Å². The van der Waals surface area contributed by atoms with E-state index in [1.807, 2.05) is 0 Å². The van der Waals surface area contributed by atoms with Crippen molar-refractivity contribution < 1.29 is 0 Å². The van der Waals surface area contributed by atoms with Crippen LogP contribution in [0.15, 0.2) is 10.7 Å². The SMILES string of the molecule is Cn1nc(Br)cc1C(=N)N. The van der Waals surface area contributed by atoms with Crippen LogP contribution in [-0.2, 0) is 7.05 Å². The van der Waals surface area contributed by atoms with Crippen molar-refractivity contribution in [3.05, 3.63) is 16.4 Å². The Kier molecular flexibility index (Phi) is 1.76. The van der Waals surface area contributed by atoms with Crippen molar-refractivity contribution in [3.63, 3.8) is 0 Å². The van der Waals surface area contributed by atoms with Gasteiger partial charge in [-0.15, -0.1) is 0 Å². The maximum atomic E-state index is 7.09. The molecule has 0 atom stereocenters. The molecule has 0 aliphatic carbocycles. The molecule has 1 aromatic heterocycles. The highest BCUT2D eigenvalue weighted by atomic mass is 79.9. The zero-order valence-corrected chi connectivity index (χ0v) is 7.01. The van der Waals surface area contributed by atoms with E-state index in [1.165, 1.54) is 0 Å². The Morgan fingerprint density at radius 2 is 2.50 bits per heavy atom. The van der Waals surface area contributed by atoms with E-state index in [-0.39, 0.29) is 5.84 Å². The second kappa shape index (κ2) is 2.42. The monoisotopic (exact) mass is 202 g/mol. The molecule has 4 nitrogen and oxygen atoms in total. The van der Waals surface area contributed by atoms with Gasteiger partial charge in [0.2, 0.25) is 0 Å². The van der Waals surface area contributed by atoms with Crippen molar-refractivity contribution in [1.82, 2.24) is 9.78 Å². The van der Waals surface area contributed by atoms with Gasteiger partial charge in [0.25, 0.3) is 0 Å². The fraction of sp³-hybridized carbons (Fsp3) is 0.200. The highest BCUT2D eigenvalue weighted by Gasteiger charge is 2.03. The number of nitrogens with two attached hydrogens (primary N) is 1. The summed E-state index contributed by atoms with van der Waals surface area (Å²) < 4.78 is 2.24. The van der Waals surface area contributed by atoms with Crippen LogP contribution in [0.25, 0.3) is 0 Å². The number of amidine groups is 1. The van der Waals surface area contributed by atoms with Crippen LogP contribution in [0.5, 0.6) is 0 Å². The lowest BCUT2D eigenvalue weighted by atomic mass is 10.4. The Balaban J connectivity index is 3.15. The van der Waals surface area contributed by atoms with Crippen molar-refractivity contribution in [2.24, 2.45) is 12.8 Å². The molecule has 1 rings (SSSR count). The van der Waals surface area contributed by atoms with E-state index in [4.69, 9.17) is 11.1 Å². The molecule has 0 fully saturated rings. The summed E-state index contributed by atoms with van der Waals surface area (Å²) in [7, 11) is 1.74. The number of halogens is 1. The second-order valence-corrected chi connectivity index (χ2v) is 2.70. The number of hydrogen-bond donors (Lipinski definition) is 2. The molecule has 0 saturated carbocycles. The molecule has 0 amide bonds. The van der Waals surface area contributed by atoms with E-state index >= 15 is 0 Å². The lowest BCUT2D eigenvalue weighted by Crippen LogP contribution is -2.15. The maximum Gasteiger partial charge on any atom is 0.141 e. The standard InChI is InChI=1S/C5H7BrN4/c1-10-3(5(7)8)2-4(6)9-10/h2H,1H3,(H3,7,8). The van der Waals surface area contributed by atoms with Crippen LogP contribution in [-0.4, -0.2) is 15.6 Å². The van der Waals surface area contributed by atoms with E-state index < -0.39 is 0 Å². The summed E-state index contributed by atoms with van der Waals surface area (Å²) in [5, 5.41) is 11.0. The van der Waals surface area contributed by atoms with Crippen LogP contribution in [0.2, 0.25) is 0 Å². The summed E-state index contributed by atoms with van der Waals surface area (Å²) in [5.74, 6) is 0.0284. The number of nitrogen functional groups attached to an aromatic ring is 1. The Morgan fingerprint density at radius 1 is 1.90 bits per heavy atom. The third-order valence-corrected chi connectivity index (χ3v) is 1.51. The zero-order chi connectivity index (χ0) is 7.72. The van der Waals surface area contributed by atoms with Crippen LogP contribution in [0.3, 0.4) is 0 Å². The van der Waals surface area contributed by atoms with Gasteiger partial charge < -0.3 is 5.73 Å². The maximum absolute atomic E-state index is 7.09. The zero-order valence-electron chi connectivity index (χ0n) is 5.43. The molecule has 0 spiro atoms. The average molecular weight is 203 g/mol. The number of nitrogens with one attached hydrogen (secondary N) is 1. The molecule has 0 aliphatic rings. The predicted octanol–water partition coefficient (Wildman–Crippen LogP) is 0.467. The van der Waals surface area contributed by atoms with Gasteiger partial charge in [-0.2, -0.15) is 5.10 Å². The molecule has 54 valence electrons. The number of nitrogens with zero attached hydrogens (tertiary/aromatic N) is 2. The van der Waals surface area contributed by atoms with Gasteiger partial charge in [0, 0.05) is 13.1 Å². The Morgan fingerprint density at radius 3 is 2.70 bits per heavy atom. The molecule has 1 aromatic rings. The van der Waals surface area contributed by atoms with Crippen LogP contribution in [0, 0.1) is 5.41 Å². The Bertz CT molecular complexity index is 265. The first-order chi connectivity index (χ1) is 4.61. The number of hydrogen-bond acceptors (Lipinski definition) is 2. The molecule has 10 heavy (non-hydrogen) atoms. The van der Waals surface area contributed by atoms with Crippen LogP contribution >= 0.6 is 15.9 Å². The average Bonchev–Trinajstić information content (AvgIpc) is 2.10. The lowest BCUT2D eigenvalue weighted by Gasteiger charge is -1.94. The molecule has 0 aliphatic heterocycles. The van der Waals surface area contributed by atoms with Crippen molar-refractivity contribution >= 4 is 21.8 Å². The summed E-state index contributed by atoms with van der Waals surface area (Å²) in [6.45, 7) is 0. The van der Waals surface area contributed by atoms with Crippen molar-refractivity contribution in [3.8, 4) is 0 Å². The fourth-order valence-corrected chi connectivity index (χ4v) is 1.14. The van der Waals surface area contributed by atoms with E-state index in [2.05, 4.69) is 21.0 Å². The third kappa shape index (κ3) is 1.18. The number of rotatable bonds is 1. The minimum absolute atomic E-state index is 0.0284. The lowest BCUT2D eigenvalue weighted by molar-refractivity contribution is 0.751. The minimum atomic E-state index is 0.0284. The molecular formula is C5H7BrN4. The molecule has 0 aromatic carbocycles.